The zero-order chi connectivity index (χ0) is 26.0. The van der Waals surface area contributed by atoms with Crippen molar-refractivity contribution in [2.75, 3.05) is 13.2 Å². The van der Waals surface area contributed by atoms with E-state index in [0.29, 0.717) is 0 Å². The molecule has 0 saturated carbocycles. The van der Waals surface area contributed by atoms with Gasteiger partial charge in [-0.2, -0.15) is 16.8 Å². The van der Waals surface area contributed by atoms with Crippen molar-refractivity contribution < 1.29 is 78.8 Å². The first-order chi connectivity index (χ1) is 15.5. The van der Waals surface area contributed by atoms with Crippen LogP contribution in [0.15, 0.2) is 0 Å². The van der Waals surface area contributed by atoms with Gasteiger partial charge in [-0.05, 0) is 0 Å². The zero-order valence-electron chi connectivity index (χ0n) is 17.2. The van der Waals surface area contributed by atoms with Crippen molar-refractivity contribution >= 4 is 26.7 Å². The predicted octanol–water partition coefficient (Wildman–Crippen LogP) is -5.60. The molecule has 1 amide bonds. The highest BCUT2D eigenvalue weighted by atomic mass is 32.3. The lowest BCUT2D eigenvalue weighted by Crippen LogP contribution is -2.67. The topological polar surface area (TPSA) is 285 Å². The Hall–Kier alpha value is -1.11. The molecule has 10 atom stereocenters. The van der Waals surface area contributed by atoms with Gasteiger partial charge in [0, 0.05) is 6.92 Å². The molecule has 0 aromatic heterocycles. The average Bonchev–Trinajstić information content (AvgIpc) is 2.69. The number of carbonyl (C=O) groups excluding carboxylic acids is 1. The van der Waals surface area contributed by atoms with Crippen LogP contribution in [0.4, 0.5) is 0 Å². The van der Waals surface area contributed by atoms with Gasteiger partial charge in [0.1, 0.15) is 48.8 Å². The molecule has 0 aromatic rings. The monoisotopic (exact) mass is 543 g/mol. The molecule has 20 heteroatoms. The second-order valence-corrected chi connectivity index (χ2v) is 9.50. The Bertz CT molecular complexity index is 911. The third-order valence-electron chi connectivity index (χ3n) is 4.78. The van der Waals surface area contributed by atoms with E-state index >= 15 is 0 Å². The summed E-state index contributed by atoms with van der Waals surface area (Å²) >= 11 is 0. The molecule has 34 heavy (non-hydrogen) atoms. The first-order valence-electron chi connectivity index (χ1n) is 9.37. The van der Waals surface area contributed by atoms with Crippen LogP contribution in [0.25, 0.3) is 0 Å². The summed E-state index contributed by atoms with van der Waals surface area (Å²) in [7, 11) is -10.0. The van der Waals surface area contributed by atoms with Gasteiger partial charge in [-0.1, -0.05) is 0 Å². The van der Waals surface area contributed by atoms with Crippen LogP contribution in [0.5, 0.6) is 0 Å². The van der Waals surface area contributed by atoms with Crippen LogP contribution in [0.3, 0.4) is 0 Å². The summed E-state index contributed by atoms with van der Waals surface area (Å²) in [4.78, 5) is 11.4. The van der Waals surface area contributed by atoms with Gasteiger partial charge in [-0.15, -0.1) is 0 Å². The van der Waals surface area contributed by atoms with Crippen molar-refractivity contribution in [3.8, 4) is 0 Å². The summed E-state index contributed by atoms with van der Waals surface area (Å²) in [5, 5.41) is 53.1. The van der Waals surface area contributed by atoms with Crippen molar-refractivity contribution in [1.82, 2.24) is 5.32 Å². The molecule has 2 saturated heterocycles. The molecule has 0 spiro atoms. The highest BCUT2D eigenvalue weighted by Gasteiger charge is 2.51. The van der Waals surface area contributed by atoms with E-state index in [1.165, 1.54) is 0 Å². The Kier molecular flexibility index (Phi) is 9.68. The van der Waals surface area contributed by atoms with Gasteiger partial charge in [0.15, 0.2) is 12.6 Å². The highest BCUT2D eigenvalue weighted by molar-refractivity contribution is 7.81. The minimum Gasteiger partial charge on any atom is -0.388 e. The number of nitrogens with one attached hydrogen (secondary N) is 1. The van der Waals surface area contributed by atoms with Gasteiger partial charge in [0.2, 0.25) is 5.91 Å². The molecule has 0 aromatic carbocycles. The maximum atomic E-state index is 11.4. The van der Waals surface area contributed by atoms with Gasteiger partial charge in [0.25, 0.3) is 0 Å². The summed E-state index contributed by atoms with van der Waals surface area (Å²) in [6.45, 7) is -1.06. The fourth-order valence-electron chi connectivity index (χ4n) is 3.26. The maximum Gasteiger partial charge on any atom is 0.397 e. The van der Waals surface area contributed by atoms with Crippen LogP contribution >= 0.6 is 0 Å². The van der Waals surface area contributed by atoms with Crippen LogP contribution in [-0.4, -0.2) is 132 Å². The second kappa shape index (κ2) is 11.3. The van der Waals surface area contributed by atoms with E-state index in [0.717, 1.165) is 6.92 Å². The molecule has 0 unspecified atom stereocenters. The summed E-state index contributed by atoms with van der Waals surface area (Å²) in [6.07, 6.45) is -17.0. The maximum absolute atomic E-state index is 11.4. The first-order valence-corrected chi connectivity index (χ1v) is 12.1. The van der Waals surface area contributed by atoms with E-state index in [1.807, 2.05) is 0 Å². The van der Waals surface area contributed by atoms with Gasteiger partial charge in [-0.25, -0.2) is 8.37 Å². The third kappa shape index (κ3) is 7.96. The van der Waals surface area contributed by atoms with Crippen molar-refractivity contribution in [3.63, 3.8) is 0 Å². The number of amides is 1. The molecule has 18 nitrogen and oxygen atoms in total. The predicted molar refractivity (Wildman–Crippen MR) is 101 cm³/mol. The Balaban J connectivity index is 2.27. The fraction of sp³-hybridized carbons (Fsp3) is 0.929. The molecule has 2 rings (SSSR count). The van der Waals surface area contributed by atoms with Crippen molar-refractivity contribution in [2.24, 2.45) is 0 Å². The smallest absolute Gasteiger partial charge is 0.388 e. The Morgan fingerprint density at radius 3 is 1.85 bits per heavy atom. The Labute approximate surface area is 192 Å². The number of ether oxygens (including phenoxy) is 3. The lowest BCUT2D eigenvalue weighted by Gasteiger charge is -2.46. The number of aliphatic hydroxyl groups excluding tert-OH is 5. The summed E-state index contributed by atoms with van der Waals surface area (Å²) in [5.41, 5.74) is 0. The van der Waals surface area contributed by atoms with Gasteiger partial charge in [-0.3, -0.25) is 13.9 Å². The minimum absolute atomic E-state index is 0.729. The molecular weight excluding hydrogens is 518 g/mol. The quantitative estimate of drug-likeness (QED) is 0.126. The van der Waals surface area contributed by atoms with Crippen molar-refractivity contribution in [1.29, 1.82) is 0 Å². The molecule has 8 N–H and O–H groups in total. The lowest BCUT2D eigenvalue weighted by molar-refractivity contribution is -0.344. The normalized spacial score (nSPS) is 39.5. The lowest BCUT2D eigenvalue weighted by atomic mass is 9.95. The Morgan fingerprint density at radius 1 is 0.824 bits per heavy atom. The van der Waals surface area contributed by atoms with E-state index in [2.05, 4.69) is 13.7 Å². The summed E-state index contributed by atoms with van der Waals surface area (Å²) in [5.74, 6) is -0.729. The van der Waals surface area contributed by atoms with Gasteiger partial charge in [0.05, 0.1) is 13.2 Å². The van der Waals surface area contributed by atoms with Crippen LogP contribution in [0.1, 0.15) is 6.92 Å². The van der Waals surface area contributed by atoms with Crippen molar-refractivity contribution in [2.45, 2.75) is 68.3 Å². The molecule has 2 heterocycles. The third-order valence-corrected chi connectivity index (χ3v) is 5.65. The van der Waals surface area contributed by atoms with E-state index in [-0.39, 0.29) is 0 Å². The standard InChI is InChI=1S/C14H25NO17S2/c1-4(16)15-7-9(18)12(6(30-13(7)21)3-29-34(25,26)27)32-14-11(20)10(19)8(17)5(31-14)2-28-33(22,23)24/h5-14,17-21H,2-3H2,1H3,(H,15,16)(H,22,23,24)(H,25,26,27)/t5-,6-,7-,8+,9-,10+,11-,12-,13-,14+/m1/s1. The number of rotatable bonds is 9. The van der Waals surface area contributed by atoms with E-state index in [1.54, 1.807) is 0 Å². The molecule has 2 aliphatic heterocycles. The Morgan fingerprint density at radius 2 is 1.35 bits per heavy atom. The largest absolute Gasteiger partial charge is 0.397 e. The second-order valence-electron chi connectivity index (χ2n) is 7.32. The molecule has 2 fully saturated rings. The highest BCUT2D eigenvalue weighted by Crippen LogP contribution is 2.29. The molecular formula is C14H25NO17S2. The van der Waals surface area contributed by atoms with E-state index in [4.69, 9.17) is 23.3 Å². The molecule has 200 valence electrons. The molecule has 0 aliphatic carbocycles. The summed E-state index contributed by atoms with van der Waals surface area (Å²) < 4.78 is 84.7. The first kappa shape index (κ1) is 29.1. The van der Waals surface area contributed by atoms with Gasteiger partial charge < -0.3 is 45.1 Å². The van der Waals surface area contributed by atoms with Crippen LogP contribution in [0.2, 0.25) is 0 Å². The van der Waals surface area contributed by atoms with Crippen LogP contribution < -0.4 is 5.32 Å². The van der Waals surface area contributed by atoms with Gasteiger partial charge >= 0.3 is 20.8 Å². The average molecular weight is 543 g/mol. The SMILES string of the molecule is CC(=O)N[C@@H]1[C@@H](O)[C@H](O[C@@H]2O[C@H](COS(=O)(=O)O)[C@H](O)[C@H](O)[C@H]2O)[C@@H](COS(=O)(=O)O)O[C@H]1O. The fourth-order valence-corrected chi connectivity index (χ4v) is 3.87. The molecule has 2 aliphatic rings. The summed E-state index contributed by atoms with van der Waals surface area (Å²) in [6, 6.07) is -1.56. The van der Waals surface area contributed by atoms with Crippen molar-refractivity contribution in [3.05, 3.63) is 0 Å². The number of carbonyl (C=O) groups is 1. The van der Waals surface area contributed by atoms with Crippen LogP contribution in [0, 0.1) is 0 Å². The van der Waals surface area contributed by atoms with E-state index < -0.39 is 101 Å². The molecule has 0 bridgehead atoms. The van der Waals surface area contributed by atoms with Crippen LogP contribution in [-0.2, 0) is 48.2 Å². The van der Waals surface area contributed by atoms with E-state index in [9.17, 15) is 47.2 Å². The zero-order valence-corrected chi connectivity index (χ0v) is 18.9. The number of hydrogen-bond donors (Lipinski definition) is 8. The minimum atomic E-state index is -5.02. The number of hydrogen-bond acceptors (Lipinski definition) is 15. The number of aliphatic hydroxyl groups is 5. The molecule has 0 radical (unpaired) electrons.